The average Bonchev–Trinajstić information content (AvgIpc) is 2.54. The number of carbonyl (C=O) groups excluding carboxylic acids is 2. The number of halogens is 1. The van der Waals surface area contributed by atoms with E-state index in [0.717, 1.165) is 10.0 Å². The topological polar surface area (TPSA) is 78.5 Å². The second-order valence-electron chi connectivity index (χ2n) is 4.74. The van der Waals surface area contributed by atoms with Crippen molar-refractivity contribution in [2.24, 2.45) is 0 Å². The van der Waals surface area contributed by atoms with Gasteiger partial charge in [0.15, 0.2) is 0 Å². The maximum Gasteiger partial charge on any atom is 0.255 e. The Labute approximate surface area is 142 Å². The molecule has 1 N–H and O–H groups in total. The predicted octanol–water partition coefficient (Wildman–Crippen LogP) is 2.14. The van der Waals surface area contributed by atoms with E-state index in [4.69, 9.17) is 4.74 Å². The summed E-state index contributed by atoms with van der Waals surface area (Å²) in [6.45, 7) is 2.60. The summed E-state index contributed by atoms with van der Waals surface area (Å²) in [6, 6.07) is 11.4. The molecule has 0 saturated heterocycles. The van der Waals surface area contributed by atoms with Gasteiger partial charge in [-0.15, -0.1) is 0 Å². The lowest BCUT2D eigenvalue weighted by atomic mass is 10.1. The molecule has 1 amide bonds. The fraction of sp³-hybridized carbons (Fsp3) is 0.176. The molecule has 0 atom stereocenters. The number of nitrogens with one attached hydrogen (secondary N) is 1. The molecule has 0 spiro atoms. The van der Waals surface area contributed by atoms with E-state index in [9.17, 15) is 14.7 Å². The largest absolute Gasteiger partial charge is 0.545 e. The first-order chi connectivity index (χ1) is 11.0. The van der Waals surface area contributed by atoms with Crippen LogP contribution in [0.5, 0.6) is 5.75 Å². The van der Waals surface area contributed by atoms with Crippen molar-refractivity contribution in [3.63, 3.8) is 0 Å². The fourth-order valence-corrected chi connectivity index (χ4v) is 2.36. The SMILES string of the molecule is CCOc1ccc(Br)cc1C(=O)NCc1ccc(C(=O)[O-])cc1. The van der Waals surface area contributed by atoms with Crippen LogP contribution in [0.15, 0.2) is 46.9 Å². The van der Waals surface area contributed by atoms with Gasteiger partial charge in [0, 0.05) is 11.0 Å². The van der Waals surface area contributed by atoms with Gasteiger partial charge < -0.3 is 20.0 Å². The van der Waals surface area contributed by atoms with E-state index in [1.807, 2.05) is 6.92 Å². The predicted molar refractivity (Wildman–Crippen MR) is 87.3 cm³/mol. The zero-order valence-corrected chi connectivity index (χ0v) is 14.1. The average molecular weight is 377 g/mol. The van der Waals surface area contributed by atoms with Crippen LogP contribution in [0.2, 0.25) is 0 Å². The standard InChI is InChI=1S/C17H16BrNO4/c1-2-23-15-8-7-13(18)9-14(15)16(20)19-10-11-3-5-12(6-4-11)17(21)22/h3-9H,2,10H2,1H3,(H,19,20)(H,21,22)/p-1. The molecule has 2 aromatic carbocycles. The Morgan fingerprint density at radius 3 is 2.48 bits per heavy atom. The molecule has 2 aromatic rings. The zero-order chi connectivity index (χ0) is 16.8. The van der Waals surface area contributed by atoms with Crippen molar-refractivity contribution in [2.75, 3.05) is 6.61 Å². The molecule has 0 aliphatic carbocycles. The maximum atomic E-state index is 12.3. The number of amides is 1. The number of benzene rings is 2. The van der Waals surface area contributed by atoms with Crippen LogP contribution in [0.4, 0.5) is 0 Å². The van der Waals surface area contributed by atoms with Gasteiger partial charge in [0.05, 0.1) is 18.1 Å². The van der Waals surface area contributed by atoms with Gasteiger partial charge in [-0.1, -0.05) is 40.2 Å². The van der Waals surface area contributed by atoms with Gasteiger partial charge in [-0.3, -0.25) is 4.79 Å². The molecule has 6 heteroatoms. The number of aromatic carboxylic acids is 1. The van der Waals surface area contributed by atoms with Crippen molar-refractivity contribution in [1.29, 1.82) is 0 Å². The van der Waals surface area contributed by atoms with Crippen molar-refractivity contribution in [3.8, 4) is 5.75 Å². The summed E-state index contributed by atoms with van der Waals surface area (Å²) in [7, 11) is 0. The Morgan fingerprint density at radius 2 is 1.87 bits per heavy atom. The minimum Gasteiger partial charge on any atom is -0.545 e. The zero-order valence-electron chi connectivity index (χ0n) is 12.5. The summed E-state index contributed by atoms with van der Waals surface area (Å²) in [5, 5.41) is 13.5. The Bertz CT molecular complexity index is 713. The highest BCUT2D eigenvalue weighted by Gasteiger charge is 2.13. The summed E-state index contributed by atoms with van der Waals surface area (Å²) < 4.78 is 6.24. The van der Waals surface area contributed by atoms with Crippen molar-refractivity contribution in [3.05, 3.63) is 63.6 Å². The number of carbonyl (C=O) groups is 2. The number of hydrogen-bond donors (Lipinski definition) is 1. The minimum atomic E-state index is -1.23. The molecule has 0 saturated carbocycles. The molecular weight excluding hydrogens is 362 g/mol. The highest BCUT2D eigenvalue weighted by Crippen LogP contribution is 2.23. The third kappa shape index (κ3) is 4.56. The van der Waals surface area contributed by atoms with E-state index < -0.39 is 5.97 Å². The van der Waals surface area contributed by atoms with E-state index in [1.165, 1.54) is 12.1 Å². The summed E-state index contributed by atoms with van der Waals surface area (Å²) in [5.41, 5.74) is 1.33. The Balaban J connectivity index is 2.07. The van der Waals surface area contributed by atoms with Gasteiger partial charge in [-0.05, 0) is 36.2 Å². The lowest BCUT2D eigenvalue weighted by Crippen LogP contribution is -2.24. The quantitative estimate of drug-likeness (QED) is 0.837. The molecule has 0 unspecified atom stereocenters. The van der Waals surface area contributed by atoms with Crippen LogP contribution < -0.4 is 15.2 Å². The van der Waals surface area contributed by atoms with Crippen LogP contribution in [0.25, 0.3) is 0 Å². The van der Waals surface area contributed by atoms with Gasteiger partial charge in [-0.25, -0.2) is 0 Å². The van der Waals surface area contributed by atoms with Gasteiger partial charge in [-0.2, -0.15) is 0 Å². The number of carboxylic acid groups (broad SMARTS) is 1. The van der Waals surface area contributed by atoms with Gasteiger partial charge >= 0.3 is 0 Å². The van der Waals surface area contributed by atoms with E-state index in [1.54, 1.807) is 30.3 Å². The lowest BCUT2D eigenvalue weighted by molar-refractivity contribution is -0.255. The molecule has 0 aromatic heterocycles. The molecule has 0 aliphatic heterocycles. The molecule has 0 radical (unpaired) electrons. The van der Waals surface area contributed by atoms with E-state index in [-0.39, 0.29) is 18.0 Å². The second kappa shape index (κ2) is 7.78. The summed E-state index contributed by atoms with van der Waals surface area (Å²) in [5.74, 6) is -0.977. The molecule has 0 fully saturated rings. The summed E-state index contributed by atoms with van der Waals surface area (Å²) >= 11 is 3.34. The van der Waals surface area contributed by atoms with Crippen molar-refractivity contribution in [1.82, 2.24) is 5.32 Å². The highest BCUT2D eigenvalue weighted by atomic mass is 79.9. The van der Waals surface area contributed by atoms with E-state index in [0.29, 0.717) is 17.9 Å². The van der Waals surface area contributed by atoms with Crippen LogP contribution in [0.3, 0.4) is 0 Å². The number of carboxylic acids is 1. The number of hydrogen-bond acceptors (Lipinski definition) is 4. The Morgan fingerprint density at radius 1 is 1.17 bits per heavy atom. The van der Waals surface area contributed by atoms with Crippen LogP contribution in [-0.2, 0) is 6.54 Å². The molecule has 5 nitrogen and oxygen atoms in total. The van der Waals surface area contributed by atoms with Gasteiger partial charge in [0.25, 0.3) is 5.91 Å². The number of ether oxygens (including phenoxy) is 1. The first-order valence-corrected chi connectivity index (χ1v) is 7.81. The third-order valence-electron chi connectivity index (χ3n) is 3.13. The van der Waals surface area contributed by atoms with Crippen LogP contribution in [0, 0.1) is 0 Å². The molecular formula is C17H15BrNO4-. The molecule has 0 aliphatic rings. The van der Waals surface area contributed by atoms with Crippen molar-refractivity contribution in [2.45, 2.75) is 13.5 Å². The second-order valence-corrected chi connectivity index (χ2v) is 5.66. The monoisotopic (exact) mass is 376 g/mol. The van der Waals surface area contributed by atoms with Crippen molar-refractivity contribution < 1.29 is 19.4 Å². The van der Waals surface area contributed by atoms with Gasteiger partial charge in [0.1, 0.15) is 5.75 Å². The van der Waals surface area contributed by atoms with Gasteiger partial charge in [0.2, 0.25) is 0 Å². The van der Waals surface area contributed by atoms with Crippen LogP contribution >= 0.6 is 15.9 Å². The Kier molecular flexibility index (Phi) is 5.76. The molecule has 0 bridgehead atoms. The molecule has 2 rings (SSSR count). The lowest BCUT2D eigenvalue weighted by Gasteiger charge is -2.11. The molecule has 120 valence electrons. The molecule has 0 heterocycles. The summed E-state index contributed by atoms with van der Waals surface area (Å²) in [6.07, 6.45) is 0. The first-order valence-electron chi connectivity index (χ1n) is 7.02. The Hall–Kier alpha value is -2.34. The maximum absolute atomic E-state index is 12.3. The smallest absolute Gasteiger partial charge is 0.255 e. The highest BCUT2D eigenvalue weighted by molar-refractivity contribution is 9.10. The third-order valence-corrected chi connectivity index (χ3v) is 3.62. The normalized spacial score (nSPS) is 10.2. The first kappa shape index (κ1) is 17.0. The van der Waals surface area contributed by atoms with E-state index >= 15 is 0 Å². The number of rotatable bonds is 6. The fourth-order valence-electron chi connectivity index (χ4n) is 2.00. The summed E-state index contributed by atoms with van der Waals surface area (Å²) in [4.78, 5) is 23.0. The molecule has 23 heavy (non-hydrogen) atoms. The van der Waals surface area contributed by atoms with Crippen molar-refractivity contribution >= 4 is 27.8 Å². The van der Waals surface area contributed by atoms with Crippen LogP contribution in [0.1, 0.15) is 33.2 Å². The van der Waals surface area contributed by atoms with E-state index in [2.05, 4.69) is 21.2 Å². The van der Waals surface area contributed by atoms with Crippen LogP contribution in [-0.4, -0.2) is 18.5 Å². The minimum absolute atomic E-state index is 0.102.